The van der Waals surface area contributed by atoms with Crippen LogP contribution >= 0.6 is 0 Å². The van der Waals surface area contributed by atoms with Gasteiger partial charge in [-0.1, -0.05) is 13.8 Å². The fourth-order valence-corrected chi connectivity index (χ4v) is 1.49. The molecule has 0 aromatic carbocycles. The summed E-state index contributed by atoms with van der Waals surface area (Å²) in [5.41, 5.74) is 5.08. The summed E-state index contributed by atoms with van der Waals surface area (Å²) in [5.74, 6) is -2.67. The van der Waals surface area contributed by atoms with Crippen molar-refractivity contribution in [1.82, 2.24) is 16.0 Å². The molecule has 3 amide bonds. The molecule has 0 aliphatic heterocycles. The van der Waals surface area contributed by atoms with E-state index in [2.05, 4.69) is 16.0 Å². The van der Waals surface area contributed by atoms with E-state index in [0.29, 0.717) is 6.42 Å². The fourth-order valence-electron chi connectivity index (χ4n) is 1.49. The number of carboxylic acids is 1. The molecule has 0 saturated heterocycles. The van der Waals surface area contributed by atoms with E-state index in [1.54, 1.807) is 0 Å². The number of rotatable bonds is 9. The van der Waals surface area contributed by atoms with Crippen molar-refractivity contribution in [2.75, 3.05) is 19.6 Å². The second-order valence-corrected chi connectivity index (χ2v) is 4.84. The molecule has 0 aromatic heterocycles. The van der Waals surface area contributed by atoms with Crippen LogP contribution in [0, 0.1) is 5.92 Å². The third-order valence-corrected chi connectivity index (χ3v) is 2.40. The van der Waals surface area contributed by atoms with Crippen molar-refractivity contribution in [1.29, 1.82) is 0 Å². The molecular formula is C12H22N4O5. The van der Waals surface area contributed by atoms with E-state index in [1.807, 2.05) is 13.8 Å². The monoisotopic (exact) mass is 302 g/mol. The number of nitrogens with one attached hydrogen (secondary N) is 3. The highest BCUT2D eigenvalue weighted by Crippen LogP contribution is 2.04. The summed E-state index contributed by atoms with van der Waals surface area (Å²) in [6, 6.07) is -0.855. The van der Waals surface area contributed by atoms with Crippen LogP contribution in [-0.2, 0) is 19.2 Å². The van der Waals surface area contributed by atoms with Gasteiger partial charge in [-0.3, -0.25) is 19.2 Å². The van der Waals surface area contributed by atoms with Crippen molar-refractivity contribution >= 4 is 23.7 Å². The quantitative estimate of drug-likeness (QED) is 0.326. The minimum Gasteiger partial charge on any atom is -0.480 e. The van der Waals surface area contributed by atoms with Gasteiger partial charge in [0.2, 0.25) is 17.7 Å². The lowest BCUT2D eigenvalue weighted by atomic mass is 10.0. The minimum absolute atomic E-state index is 0.115. The molecule has 9 heteroatoms. The van der Waals surface area contributed by atoms with Gasteiger partial charge in [0.05, 0.1) is 13.1 Å². The van der Waals surface area contributed by atoms with Crippen LogP contribution in [-0.4, -0.2) is 54.5 Å². The van der Waals surface area contributed by atoms with Crippen LogP contribution in [0.1, 0.15) is 20.3 Å². The van der Waals surface area contributed by atoms with E-state index >= 15 is 0 Å². The van der Waals surface area contributed by atoms with Crippen LogP contribution in [0.25, 0.3) is 0 Å². The summed E-state index contributed by atoms with van der Waals surface area (Å²) in [4.78, 5) is 44.8. The van der Waals surface area contributed by atoms with Gasteiger partial charge < -0.3 is 26.8 Å². The Morgan fingerprint density at radius 3 is 2.14 bits per heavy atom. The number of carbonyl (C=O) groups excluding carboxylic acids is 3. The highest BCUT2D eigenvalue weighted by atomic mass is 16.4. The maximum atomic E-state index is 11.8. The van der Waals surface area contributed by atoms with Gasteiger partial charge in [-0.15, -0.1) is 0 Å². The molecule has 0 bridgehead atoms. The molecule has 0 rings (SSSR count). The second kappa shape index (κ2) is 9.70. The average molecular weight is 302 g/mol. The van der Waals surface area contributed by atoms with E-state index in [9.17, 15) is 19.2 Å². The largest absolute Gasteiger partial charge is 0.480 e. The van der Waals surface area contributed by atoms with Crippen molar-refractivity contribution in [2.24, 2.45) is 11.7 Å². The predicted molar refractivity (Wildman–Crippen MR) is 74.1 cm³/mol. The normalized spacial score (nSPS) is 11.6. The third-order valence-electron chi connectivity index (χ3n) is 2.40. The maximum absolute atomic E-state index is 11.8. The lowest BCUT2D eigenvalue weighted by Gasteiger charge is -2.19. The number of carboxylic acid groups (broad SMARTS) is 1. The Kier molecular flexibility index (Phi) is 8.70. The van der Waals surface area contributed by atoms with E-state index in [-0.39, 0.29) is 19.0 Å². The molecule has 1 atom stereocenters. The summed E-state index contributed by atoms with van der Waals surface area (Å²) >= 11 is 0. The highest BCUT2D eigenvalue weighted by molar-refractivity contribution is 5.91. The van der Waals surface area contributed by atoms with Crippen LogP contribution < -0.4 is 21.7 Å². The SMILES string of the molecule is CC(C)CC(NC(=O)CNC(=O)CN)C(=O)NCC(=O)O. The van der Waals surface area contributed by atoms with Crippen LogP contribution in [0.2, 0.25) is 0 Å². The first-order valence-electron chi connectivity index (χ1n) is 6.51. The van der Waals surface area contributed by atoms with E-state index < -0.39 is 36.3 Å². The standard InChI is InChI=1S/C12H22N4O5/c1-7(2)3-8(12(21)15-6-11(19)20)16-10(18)5-14-9(17)4-13/h7-8H,3-6,13H2,1-2H3,(H,14,17)(H,15,21)(H,16,18)(H,19,20). The molecule has 0 heterocycles. The molecule has 0 fully saturated rings. The number of amides is 3. The molecule has 0 aliphatic carbocycles. The summed E-state index contributed by atoms with van der Waals surface area (Å²) in [6.45, 7) is 2.67. The van der Waals surface area contributed by atoms with Crippen LogP contribution in [0.4, 0.5) is 0 Å². The van der Waals surface area contributed by atoms with E-state index in [1.165, 1.54) is 0 Å². The number of nitrogens with two attached hydrogens (primary N) is 1. The van der Waals surface area contributed by atoms with Gasteiger partial charge in [0.1, 0.15) is 12.6 Å². The fraction of sp³-hybridized carbons (Fsp3) is 0.667. The highest BCUT2D eigenvalue weighted by Gasteiger charge is 2.22. The molecule has 9 nitrogen and oxygen atoms in total. The molecule has 0 saturated carbocycles. The van der Waals surface area contributed by atoms with Gasteiger partial charge in [0, 0.05) is 0 Å². The van der Waals surface area contributed by atoms with Gasteiger partial charge in [-0.2, -0.15) is 0 Å². The Labute approximate surface area is 122 Å². The maximum Gasteiger partial charge on any atom is 0.322 e. The Bertz CT molecular complexity index is 397. The Morgan fingerprint density at radius 1 is 1.05 bits per heavy atom. The number of hydrogen-bond acceptors (Lipinski definition) is 5. The first kappa shape index (κ1) is 18.8. The molecule has 0 spiro atoms. The molecule has 120 valence electrons. The first-order chi connectivity index (χ1) is 9.76. The molecule has 21 heavy (non-hydrogen) atoms. The second-order valence-electron chi connectivity index (χ2n) is 4.84. The average Bonchev–Trinajstić information content (AvgIpc) is 2.40. The number of carbonyl (C=O) groups is 4. The van der Waals surface area contributed by atoms with Crippen molar-refractivity contribution < 1.29 is 24.3 Å². The van der Waals surface area contributed by atoms with Gasteiger partial charge in [0.15, 0.2) is 0 Å². The lowest BCUT2D eigenvalue weighted by molar-refractivity contribution is -0.138. The zero-order valence-electron chi connectivity index (χ0n) is 12.1. The Hall–Kier alpha value is -2.16. The lowest BCUT2D eigenvalue weighted by Crippen LogP contribution is -2.51. The molecule has 6 N–H and O–H groups in total. The zero-order chi connectivity index (χ0) is 16.4. The molecule has 0 aromatic rings. The molecule has 0 radical (unpaired) electrons. The van der Waals surface area contributed by atoms with Crippen molar-refractivity contribution in [3.63, 3.8) is 0 Å². The molecular weight excluding hydrogens is 280 g/mol. The van der Waals surface area contributed by atoms with Crippen LogP contribution in [0.3, 0.4) is 0 Å². The van der Waals surface area contributed by atoms with Crippen molar-refractivity contribution in [3.8, 4) is 0 Å². The number of hydrogen-bond donors (Lipinski definition) is 5. The van der Waals surface area contributed by atoms with Crippen LogP contribution in [0.15, 0.2) is 0 Å². The van der Waals surface area contributed by atoms with E-state index in [4.69, 9.17) is 10.8 Å². The Balaban J connectivity index is 4.46. The van der Waals surface area contributed by atoms with Crippen LogP contribution in [0.5, 0.6) is 0 Å². The van der Waals surface area contributed by atoms with E-state index in [0.717, 1.165) is 0 Å². The smallest absolute Gasteiger partial charge is 0.322 e. The van der Waals surface area contributed by atoms with Gasteiger partial charge in [0.25, 0.3) is 0 Å². The van der Waals surface area contributed by atoms with Gasteiger partial charge >= 0.3 is 5.97 Å². The Morgan fingerprint density at radius 2 is 1.67 bits per heavy atom. The minimum atomic E-state index is -1.17. The summed E-state index contributed by atoms with van der Waals surface area (Å²) in [7, 11) is 0. The molecule has 0 aliphatic rings. The first-order valence-corrected chi connectivity index (χ1v) is 6.51. The summed E-state index contributed by atoms with van der Waals surface area (Å²) < 4.78 is 0. The van der Waals surface area contributed by atoms with Gasteiger partial charge in [-0.25, -0.2) is 0 Å². The number of aliphatic carboxylic acids is 1. The zero-order valence-corrected chi connectivity index (χ0v) is 12.1. The topological polar surface area (TPSA) is 151 Å². The molecule has 1 unspecified atom stereocenters. The third kappa shape index (κ3) is 9.38. The van der Waals surface area contributed by atoms with Crippen molar-refractivity contribution in [3.05, 3.63) is 0 Å². The van der Waals surface area contributed by atoms with Crippen molar-refractivity contribution in [2.45, 2.75) is 26.3 Å². The van der Waals surface area contributed by atoms with Gasteiger partial charge in [-0.05, 0) is 12.3 Å². The predicted octanol–water partition coefficient (Wildman–Crippen LogP) is -2.21. The summed E-state index contributed by atoms with van der Waals surface area (Å²) in [6.07, 6.45) is 0.349. The summed E-state index contributed by atoms with van der Waals surface area (Å²) in [5, 5.41) is 15.5.